The molecule has 0 radical (unpaired) electrons. The first-order valence-corrected chi connectivity index (χ1v) is 7.58. The SMILES string of the molecule is CC(=O)N(CC(=O)Nc1cccc(C)c1)c1ccc(C)cc1C. The van der Waals surface area contributed by atoms with Crippen molar-refractivity contribution in [2.45, 2.75) is 27.7 Å². The van der Waals surface area contributed by atoms with E-state index in [2.05, 4.69) is 5.32 Å². The Morgan fingerprint density at radius 1 is 1.00 bits per heavy atom. The number of aryl methyl sites for hydroxylation is 3. The van der Waals surface area contributed by atoms with Crippen molar-refractivity contribution in [2.75, 3.05) is 16.8 Å². The highest BCUT2D eigenvalue weighted by Crippen LogP contribution is 2.21. The van der Waals surface area contributed by atoms with Gasteiger partial charge in [0.15, 0.2) is 0 Å². The highest BCUT2D eigenvalue weighted by atomic mass is 16.2. The minimum atomic E-state index is -0.217. The van der Waals surface area contributed by atoms with Crippen LogP contribution in [-0.2, 0) is 9.59 Å². The third kappa shape index (κ3) is 4.42. The van der Waals surface area contributed by atoms with E-state index in [1.54, 1.807) is 0 Å². The number of nitrogens with one attached hydrogen (secondary N) is 1. The standard InChI is InChI=1S/C19H22N2O2/c1-13-6-5-7-17(11-13)20-19(23)12-21(16(4)22)18-9-8-14(2)10-15(18)3/h5-11H,12H2,1-4H3,(H,20,23). The van der Waals surface area contributed by atoms with Crippen molar-refractivity contribution in [1.82, 2.24) is 0 Å². The molecule has 0 aliphatic rings. The Kier molecular flexibility index (Phi) is 5.16. The number of anilines is 2. The van der Waals surface area contributed by atoms with Crippen molar-refractivity contribution in [3.8, 4) is 0 Å². The van der Waals surface area contributed by atoms with E-state index in [1.807, 2.05) is 63.2 Å². The van der Waals surface area contributed by atoms with Gasteiger partial charge in [-0.1, -0.05) is 29.8 Å². The van der Waals surface area contributed by atoms with Crippen LogP contribution in [0.2, 0.25) is 0 Å². The Hall–Kier alpha value is -2.62. The molecule has 120 valence electrons. The molecular formula is C19H22N2O2. The monoisotopic (exact) mass is 310 g/mol. The Balaban J connectivity index is 2.16. The normalized spacial score (nSPS) is 10.3. The maximum Gasteiger partial charge on any atom is 0.244 e. The molecular weight excluding hydrogens is 288 g/mol. The average Bonchev–Trinajstić information content (AvgIpc) is 2.45. The number of hydrogen-bond acceptors (Lipinski definition) is 2. The minimum Gasteiger partial charge on any atom is -0.325 e. The highest BCUT2D eigenvalue weighted by Gasteiger charge is 2.17. The van der Waals surface area contributed by atoms with Crippen LogP contribution in [0.5, 0.6) is 0 Å². The van der Waals surface area contributed by atoms with Gasteiger partial charge >= 0.3 is 0 Å². The molecule has 2 aromatic rings. The molecule has 0 spiro atoms. The van der Waals surface area contributed by atoms with Crippen LogP contribution in [0.1, 0.15) is 23.6 Å². The molecule has 0 aliphatic carbocycles. The van der Waals surface area contributed by atoms with Gasteiger partial charge in [0.2, 0.25) is 11.8 Å². The predicted octanol–water partition coefficient (Wildman–Crippen LogP) is 3.60. The zero-order chi connectivity index (χ0) is 17.0. The smallest absolute Gasteiger partial charge is 0.244 e. The Morgan fingerprint density at radius 3 is 2.30 bits per heavy atom. The third-order valence-corrected chi connectivity index (χ3v) is 3.63. The van der Waals surface area contributed by atoms with Gasteiger partial charge in [-0.05, 0) is 50.1 Å². The molecule has 4 nitrogen and oxygen atoms in total. The van der Waals surface area contributed by atoms with Crippen LogP contribution < -0.4 is 10.2 Å². The summed E-state index contributed by atoms with van der Waals surface area (Å²) in [5.41, 5.74) is 4.67. The van der Waals surface area contributed by atoms with Crippen LogP contribution in [0.25, 0.3) is 0 Å². The van der Waals surface area contributed by atoms with Gasteiger partial charge in [0.25, 0.3) is 0 Å². The molecule has 0 unspecified atom stereocenters. The topological polar surface area (TPSA) is 49.4 Å². The third-order valence-electron chi connectivity index (χ3n) is 3.63. The molecule has 0 saturated heterocycles. The summed E-state index contributed by atoms with van der Waals surface area (Å²) in [6.45, 7) is 7.37. The van der Waals surface area contributed by atoms with Gasteiger partial charge in [-0.25, -0.2) is 0 Å². The summed E-state index contributed by atoms with van der Waals surface area (Å²) >= 11 is 0. The van der Waals surface area contributed by atoms with Crippen molar-refractivity contribution in [1.29, 1.82) is 0 Å². The van der Waals surface area contributed by atoms with Crippen LogP contribution in [-0.4, -0.2) is 18.4 Å². The summed E-state index contributed by atoms with van der Waals surface area (Å²) in [6, 6.07) is 13.4. The lowest BCUT2D eigenvalue weighted by atomic mass is 10.1. The van der Waals surface area contributed by atoms with Crippen LogP contribution in [0.3, 0.4) is 0 Å². The first-order chi connectivity index (χ1) is 10.9. The molecule has 1 N–H and O–H groups in total. The van der Waals surface area contributed by atoms with Crippen molar-refractivity contribution in [3.63, 3.8) is 0 Å². The molecule has 0 atom stereocenters. The van der Waals surface area contributed by atoms with Crippen molar-refractivity contribution in [3.05, 3.63) is 59.2 Å². The number of carbonyl (C=O) groups is 2. The quantitative estimate of drug-likeness (QED) is 0.938. The van der Waals surface area contributed by atoms with Gasteiger partial charge in [0, 0.05) is 18.3 Å². The zero-order valence-corrected chi connectivity index (χ0v) is 14.0. The second kappa shape index (κ2) is 7.09. The summed E-state index contributed by atoms with van der Waals surface area (Å²) in [5, 5.41) is 2.84. The van der Waals surface area contributed by atoms with E-state index in [9.17, 15) is 9.59 Å². The maximum atomic E-state index is 12.3. The van der Waals surface area contributed by atoms with Crippen LogP contribution in [0, 0.1) is 20.8 Å². The second-order valence-electron chi connectivity index (χ2n) is 5.81. The van der Waals surface area contributed by atoms with Crippen LogP contribution >= 0.6 is 0 Å². The van der Waals surface area contributed by atoms with Gasteiger partial charge in [0.05, 0.1) is 0 Å². The van der Waals surface area contributed by atoms with Crippen molar-refractivity contribution >= 4 is 23.2 Å². The lowest BCUT2D eigenvalue weighted by Crippen LogP contribution is -2.37. The minimum absolute atomic E-state index is 0.00677. The number of nitrogens with zero attached hydrogens (tertiary/aromatic N) is 1. The number of benzene rings is 2. The maximum absolute atomic E-state index is 12.3. The summed E-state index contributed by atoms with van der Waals surface area (Å²) in [7, 11) is 0. The van der Waals surface area contributed by atoms with Gasteiger partial charge in [0.1, 0.15) is 6.54 Å². The van der Waals surface area contributed by atoms with Gasteiger partial charge in [-0.3, -0.25) is 9.59 Å². The summed E-state index contributed by atoms with van der Waals surface area (Å²) < 4.78 is 0. The molecule has 0 fully saturated rings. The Bertz CT molecular complexity index is 738. The largest absolute Gasteiger partial charge is 0.325 e. The highest BCUT2D eigenvalue weighted by molar-refractivity contribution is 6.02. The van der Waals surface area contributed by atoms with Crippen molar-refractivity contribution in [2.24, 2.45) is 0 Å². The molecule has 2 rings (SSSR count). The number of amides is 2. The number of hydrogen-bond donors (Lipinski definition) is 1. The van der Waals surface area contributed by atoms with E-state index in [0.29, 0.717) is 0 Å². The Morgan fingerprint density at radius 2 is 1.70 bits per heavy atom. The van der Waals surface area contributed by atoms with Crippen LogP contribution in [0.4, 0.5) is 11.4 Å². The van der Waals surface area contributed by atoms with Crippen LogP contribution in [0.15, 0.2) is 42.5 Å². The molecule has 2 aromatic carbocycles. The molecule has 0 aromatic heterocycles. The number of carbonyl (C=O) groups excluding carboxylic acids is 2. The first-order valence-electron chi connectivity index (χ1n) is 7.58. The van der Waals surface area contributed by atoms with Gasteiger partial charge in [-0.2, -0.15) is 0 Å². The summed E-state index contributed by atoms with van der Waals surface area (Å²) in [4.78, 5) is 25.8. The Labute approximate surface area is 137 Å². The van der Waals surface area contributed by atoms with Gasteiger partial charge in [-0.15, -0.1) is 0 Å². The van der Waals surface area contributed by atoms with Gasteiger partial charge < -0.3 is 10.2 Å². The predicted molar refractivity (Wildman–Crippen MR) is 93.8 cm³/mol. The molecule has 0 heterocycles. The summed E-state index contributed by atoms with van der Waals surface area (Å²) in [5.74, 6) is -0.373. The molecule has 4 heteroatoms. The van der Waals surface area contributed by atoms with E-state index in [0.717, 1.165) is 28.1 Å². The molecule has 0 aliphatic heterocycles. The van der Waals surface area contributed by atoms with E-state index in [-0.39, 0.29) is 18.4 Å². The second-order valence-corrected chi connectivity index (χ2v) is 5.81. The molecule has 0 bridgehead atoms. The van der Waals surface area contributed by atoms with Crippen molar-refractivity contribution < 1.29 is 9.59 Å². The fourth-order valence-electron chi connectivity index (χ4n) is 2.54. The molecule has 23 heavy (non-hydrogen) atoms. The fraction of sp³-hybridized carbons (Fsp3) is 0.263. The first kappa shape index (κ1) is 16.7. The summed E-state index contributed by atoms with van der Waals surface area (Å²) in [6.07, 6.45) is 0. The average molecular weight is 310 g/mol. The lowest BCUT2D eigenvalue weighted by molar-refractivity contribution is -0.120. The number of rotatable bonds is 4. The zero-order valence-electron chi connectivity index (χ0n) is 14.0. The molecule has 0 saturated carbocycles. The van der Waals surface area contributed by atoms with E-state index in [1.165, 1.54) is 11.8 Å². The molecule has 2 amide bonds. The van der Waals surface area contributed by atoms with E-state index in [4.69, 9.17) is 0 Å². The van der Waals surface area contributed by atoms with E-state index < -0.39 is 0 Å². The van der Waals surface area contributed by atoms with E-state index >= 15 is 0 Å². The lowest BCUT2D eigenvalue weighted by Gasteiger charge is -2.23. The fourth-order valence-corrected chi connectivity index (χ4v) is 2.54.